The lowest BCUT2D eigenvalue weighted by Crippen LogP contribution is -2.59. The second-order valence-corrected chi connectivity index (χ2v) is 11.6. The summed E-state index contributed by atoms with van der Waals surface area (Å²) in [5.41, 5.74) is 0.910. The number of hydrogen-bond acceptors (Lipinski definition) is 6. The summed E-state index contributed by atoms with van der Waals surface area (Å²) in [5.74, 6) is -4.49. The minimum absolute atomic E-state index is 0.00523. The Bertz CT molecular complexity index is 1080. The van der Waals surface area contributed by atoms with Crippen molar-refractivity contribution in [3.8, 4) is 0 Å². The van der Waals surface area contributed by atoms with Crippen LogP contribution >= 0.6 is 34.8 Å². The standard InChI is InChI=1S/C20H19Cl3O6S/c1-10-4-6-11(7-5-10)30(25,26)29-15-13-9-8-12-14(15)19(23)17(13,21)16(24)18(12,22)20(19,27-2)28-3/h4-9,12-15H,1-3H3/t12?,13?,14?,15-,17-,18+,19-/m1/s1. The van der Waals surface area contributed by atoms with E-state index in [1.54, 1.807) is 24.3 Å². The van der Waals surface area contributed by atoms with E-state index >= 15 is 0 Å². The van der Waals surface area contributed by atoms with E-state index in [1.807, 2.05) is 6.92 Å². The molecule has 4 aliphatic carbocycles. The fourth-order valence-electron chi connectivity index (χ4n) is 6.12. The normalized spacial score (nSPS) is 44.9. The van der Waals surface area contributed by atoms with Crippen molar-refractivity contribution >= 4 is 50.7 Å². The number of ketones is 1. The zero-order valence-corrected chi connectivity index (χ0v) is 19.3. The third kappa shape index (κ3) is 1.88. The summed E-state index contributed by atoms with van der Waals surface area (Å²) in [6.45, 7) is 1.85. The maximum Gasteiger partial charge on any atom is 0.297 e. The molecule has 0 saturated heterocycles. The number of benzene rings is 1. The van der Waals surface area contributed by atoms with Crippen LogP contribution in [0.4, 0.5) is 0 Å². The van der Waals surface area contributed by atoms with E-state index in [1.165, 1.54) is 26.4 Å². The first-order valence-corrected chi connectivity index (χ1v) is 11.9. The van der Waals surface area contributed by atoms with Gasteiger partial charge in [0.05, 0.1) is 11.0 Å². The molecule has 3 unspecified atom stereocenters. The Hall–Kier alpha value is -0.670. The number of hydrogen-bond donors (Lipinski definition) is 0. The van der Waals surface area contributed by atoms with E-state index in [9.17, 15) is 13.2 Å². The highest BCUT2D eigenvalue weighted by Crippen LogP contribution is 2.81. The number of ether oxygens (including phenoxy) is 2. The lowest BCUT2D eigenvalue weighted by molar-refractivity contribution is -0.223. The first kappa shape index (κ1) is 21.2. The molecule has 10 heteroatoms. The number of rotatable bonds is 5. The van der Waals surface area contributed by atoms with Crippen LogP contribution in [0.15, 0.2) is 41.3 Å². The zero-order chi connectivity index (χ0) is 21.9. The number of carbonyl (C=O) groups is 1. The van der Waals surface area contributed by atoms with Crippen molar-refractivity contribution in [2.75, 3.05) is 14.2 Å². The van der Waals surface area contributed by atoms with Crippen LogP contribution in [-0.4, -0.2) is 54.9 Å². The summed E-state index contributed by atoms with van der Waals surface area (Å²) in [6.07, 6.45) is 2.44. The third-order valence-electron chi connectivity index (χ3n) is 7.27. The molecule has 5 rings (SSSR count). The van der Waals surface area contributed by atoms with Crippen molar-refractivity contribution in [2.24, 2.45) is 17.8 Å². The molecule has 0 heterocycles. The molecule has 0 aliphatic heterocycles. The summed E-state index contributed by atoms with van der Waals surface area (Å²) in [6, 6.07) is 6.29. The number of methoxy groups -OCH3 is 2. The Labute approximate surface area is 189 Å². The molecule has 3 saturated carbocycles. The van der Waals surface area contributed by atoms with Crippen LogP contribution in [0.3, 0.4) is 0 Å². The van der Waals surface area contributed by atoms with Crippen LogP contribution in [0.25, 0.3) is 0 Å². The average molecular weight is 494 g/mol. The first-order chi connectivity index (χ1) is 14.0. The fraction of sp³-hybridized carbons (Fsp3) is 0.550. The summed E-state index contributed by atoms with van der Waals surface area (Å²) in [7, 11) is -1.47. The third-order valence-corrected chi connectivity index (χ3v) is 10.9. The Morgan fingerprint density at radius 1 is 0.933 bits per heavy atom. The number of halogens is 3. The second kappa shape index (κ2) is 6.01. The van der Waals surface area contributed by atoms with Crippen molar-refractivity contribution in [2.45, 2.75) is 38.3 Å². The van der Waals surface area contributed by atoms with Gasteiger partial charge in [0.2, 0.25) is 5.79 Å². The fourth-order valence-corrected chi connectivity index (χ4v) is 9.36. The largest absolute Gasteiger partial charge is 0.350 e. The second-order valence-electron chi connectivity index (χ2n) is 8.28. The van der Waals surface area contributed by atoms with Crippen molar-refractivity contribution < 1.29 is 26.9 Å². The summed E-state index contributed by atoms with van der Waals surface area (Å²) in [5, 5.41) is 0. The Kier molecular flexibility index (Phi) is 4.25. The van der Waals surface area contributed by atoms with Crippen molar-refractivity contribution in [1.82, 2.24) is 0 Å². The quantitative estimate of drug-likeness (QED) is 0.272. The van der Waals surface area contributed by atoms with E-state index in [-0.39, 0.29) is 4.90 Å². The van der Waals surface area contributed by atoms with Crippen molar-refractivity contribution in [3.05, 3.63) is 42.0 Å². The van der Waals surface area contributed by atoms with E-state index in [0.717, 1.165) is 5.56 Å². The lowest BCUT2D eigenvalue weighted by Gasteiger charge is -2.41. The average Bonchev–Trinajstić information content (AvgIpc) is 2.94. The molecule has 30 heavy (non-hydrogen) atoms. The molecule has 0 aromatic heterocycles. The van der Waals surface area contributed by atoms with Gasteiger partial charge in [-0.1, -0.05) is 29.8 Å². The Balaban J connectivity index is 1.66. The van der Waals surface area contributed by atoms with Gasteiger partial charge in [0, 0.05) is 32.0 Å². The number of aryl methyl sites for hydroxylation is 1. The minimum Gasteiger partial charge on any atom is -0.350 e. The maximum absolute atomic E-state index is 13.5. The molecule has 6 nitrogen and oxygen atoms in total. The van der Waals surface area contributed by atoms with E-state index < -0.39 is 60.2 Å². The van der Waals surface area contributed by atoms with Gasteiger partial charge in [0.25, 0.3) is 10.1 Å². The topological polar surface area (TPSA) is 78.9 Å². The highest BCUT2D eigenvalue weighted by molar-refractivity contribution is 7.86. The molecular weight excluding hydrogens is 475 g/mol. The Morgan fingerprint density at radius 2 is 1.50 bits per heavy atom. The van der Waals surface area contributed by atoms with Crippen LogP contribution < -0.4 is 0 Å². The van der Waals surface area contributed by atoms with Gasteiger partial charge in [0.15, 0.2) is 10.7 Å². The van der Waals surface area contributed by atoms with Gasteiger partial charge in [0.1, 0.15) is 9.75 Å². The van der Waals surface area contributed by atoms with Gasteiger partial charge in [-0.3, -0.25) is 8.98 Å². The Morgan fingerprint density at radius 3 is 2.07 bits per heavy atom. The van der Waals surface area contributed by atoms with Gasteiger partial charge in [-0.15, -0.1) is 34.8 Å². The molecule has 3 fully saturated rings. The minimum atomic E-state index is -4.16. The van der Waals surface area contributed by atoms with Crippen LogP contribution in [0.1, 0.15) is 5.56 Å². The number of carbonyl (C=O) groups excluding carboxylic acids is 1. The predicted octanol–water partition coefficient (Wildman–Crippen LogP) is 3.02. The SMILES string of the molecule is COC1(OC)[C@@]2(Cl)C(=O)[C@]3(Cl)C4C=CC2C([C@@H]4OS(=O)(=O)c2ccc(C)cc2)[C@]13Cl. The number of fused-ring (bicyclic) bond motifs is 4. The monoisotopic (exact) mass is 492 g/mol. The first-order valence-electron chi connectivity index (χ1n) is 9.37. The highest BCUT2D eigenvalue weighted by atomic mass is 35.5. The number of Topliss-reactive ketones (excluding diaryl/α,β-unsaturated/α-hetero) is 1. The predicted molar refractivity (Wildman–Crippen MR) is 110 cm³/mol. The molecule has 0 amide bonds. The van der Waals surface area contributed by atoms with Gasteiger partial charge >= 0.3 is 0 Å². The lowest BCUT2D eigenvalue weighted by atomic mass is 9.78. The molecule has 0 N–H and O–H groups in total. The van der Waals surface area contributed by atoms with Crippen LogP contribution in [0.5, 0.6) is 0 Å². The van der Waals surface area contributed by atoms with Crippen molar-refractivity contribution in [1.29, 1.82) is 0 Å². The number of alkyl halides is 3. The zero-order valence-electron chi connectivity index (χ0n) is 16.3. The molecule has 162 valence electrons. The van der Waals surface area contributed by atoms with Gasteiger partial charge in [-0.25, -0.2) is 0 Å². The van der Waals surface area contributed by atoms with Gasteiger partial charge in [-0.2, -0.15) is 8.42 Å². The van der Waals surface area contributed by atoms with Crippen LogP contribution in [0.2, 0.25) is 0 Å². The van der Waals surface area contributed by atoms with Gasteiger partial charge < -0.3 is 9.47 Å². The number of allylic oxidation sites excluding steroid dienone is 1. The molecule has 1 aromatic carbocycles. The van der Waals surface area contributed by atoms with Crippen molar-refractivity contribution in [3.63, 3.8) is 0 Å². The summed E-state index contributed by atoms with van der Waals surface area (Å²) < 4.78 is 43.1. The van der Waals surface area contributed by atoms with Gasteiger partial charge in [-0.05, 0) is 19.1 Å². The maximum atomic E-state index is 13.5. The molecular formula is C20H19Cl3O6S. The van der Waals surface area contributed by atoms with E-state index in [0.29, 0.717) is 0 Å². The molecule has 4 aliphatic rings. The summed E-state index contributed by atoms with van der Waals surface area (Å²) >= 11 is 21.0. The molecule has 7 atom stereocenters. The van der Waals surface area contributed by atoms with Crippen LogP contribution in [-0.2, 0) is 28.6 Å². The smallest absolute Gasteiger partial charge is 0.297 e. The van der Waals surface area contributed by atoms with E-state index in [2.05, 4.69) is 0 Å². The molecule has 1 aromatic rings. The van der Waals surface area contributed by atoms with E-state index in [4.69, 9.17) is 48.5 Å². The summed E-state index contributed by atoms with van der Waals surface area (Å²) in [4.78, 5) is 8.46. The molecule has 0 spiro atoms. The molecule has 4 bridgehead atoms. The highest BCUT2D eigenvalue weighted by Gasteiger charge is 2.99. The van der Waals surface area contributed by atoms with Crippen LogP contribution in [0, 0.1) is 24.7 Å². The molecule has 0 radical (unpaired) electrons.